The third kappa shape index (κ3) is 3.64. The van der Waals surface area contributed by atoms with Gasteiger partial charge in [0.25, 0.3) is 10.2 Å². The maximum Gasteiger partial charge on any atom is 0.280 e. The molecule has 10 heteroatoms. The molecule has 1 saturated heterocycles. The van der Waals surface area contributed by atoms with E-state index in [1.807, 2.05) is 0 Å². The van der Waals surface area contributed by atoms with Crippen molar-refractivity contribution < 1.29 is 22.7 Å². The third-order valence-corrected chi connectivity index (χ3v) is 5.80. The number of amides is 1. The highest BCUT2D eigenvalue weighted by atomic mass is 35.5. The fourth-order valence-electron chi connectivity index (χ4n) is 2.61. The summed E-state index contributed by atoms with van der Waals surface area (Å²) in [6.45, 7) is 0. The van der Waals surface area contributed by atoms with Gasteiger partial charge in [-0.25, -0.2) is 0 Å². The second kappa shape index (κ2) is 6.68. The van der Waals surface area contributed by atoms with Crippen molar-refractivity contribution in [3.05, 3.63) is 47.4 Å². The molecule has 0 spiro atoms. The summed E-state index contributed by atoms with van der Waals surface area (Å²) in [6.07, 6.45) is 1.59. The molecule has 0 bridgehead atoms. The first-order chi connectivity index (χ1) is 11.8. The number of carbonyl (C=O) groups excluding carboxylic acids is 1. The maximum absolute atomic E-state index is 12.6. The van der Waals surface area contributed by atoms with Crippen molar-refractivity contribution in [3.63, 3.8) is 0 Å². The number of furan rings is 1. The van der Waals surface area contributed by atoms with Crippen molar-refractivity contribution >= 4 is 33.4 Å². The van der Waals surface area contributed by atoms with Gasteiger partial charge in [0.05, 0.1) is 18.0 Å². The van der Waals surface area contributed by atoms with Crippen LogP contribution in [0.25, 0.3) is 0 Å². The van der Waals surface area contributed by atoms with Gasteiger partial charge in [0.15, 0.2) is 0 Å². The molecule has 0 unspecified atom stereocenters. The number of phenolic OH excluding ortho intramolecular Hbond substituents is 1. The van der Waals surface area contributed by atoms with Gasteiger partial charge in [-0.15, -0.1) is 0 Å². The molecular weight excluding hydrogens is 370 g/mol. The zero-order valence-electron chi connectivity index (χ0n) is 13.1. The zero-order chi connectivity index (χ0) is 18.2. The molecule has 2 heterocycles. The average Bonchev–Trinajstić information content (AvgIpc) is 3.07. The monoisotopic (exact) mass is 385 g/mol. The van der Waals surface area contributed by atoms with Crippen molar-refractivity contribution in [2.75, 3.05) is 12.4 Å². The first-order valence-corrected chi connectivity index (χ1v) is 9.18. The predicted molar refractivity (Wildman–Crippen MR) is 91.4 cm³/mol. The molecule has 0 saturated carbocycles. The van der Waals surface area contributed by atoms with E-state index in [9.17, 15) is 18.3 Å². The Bertz CT molecular complexity index is 885. The Morgan fingerprint density at radius 2 is 2.20 bits per heavy atom. The molecule has 134 valence electrons. The Hall–Kier alpha value is -2.07. The topological polar surface area (TPSA) is 112 Å². The van der Waals surface area contributed by atoms with Gasteiger partial charge in [-0.1, -0.05) is 11.6 Å². The fraction of sp³-hybridized carbons (Fsp3) is 0.267. The molecule has 2 atom stereocenters. The van der Waals surface area contributed by atoms with Crippen LogP contribution in [0.15, 0.2) is 41.0 Å². The van der Waals surface area contributed by atoms with Crippen LogP contribution in [0.3, 0.4) is 0 Å². The minimum absolute atomic E-state index is 0.108. The first-order valence-electron chi connectivity index (χ1n) is 7.36. The van der Waals surface area contributed by atoms with E-state index in [0.29, 0.717) is 10.8 Å². The Labute approximate surface area is 149 Å². The zero-order valence-corrected chi connectivity index (χ0v) is 14.7. The van der Waals surface area contributed by atoms with Crippen LogP contribution in [-0.2, 0) is 15.0 Å². The van der Waals surface area contributed by atoms with Gasteiger partial charge in [-0.3, -0.25) is 4.79 Å². The lowest BCUT2D eigenvalue weighted by molar-refractivity contribution is -0.120. The van der Waals surface area contributed by atoms with Gasteiger partial charge in [0.1, 0.15) is 17.6 Å². The number of hydrogen-bond acceptors (Lipinski definition) is 5. The molecular formula is C15H16ClN3O5S. The van der Waals surface area contributed by atoms with Crippen LogP contribution in [0.1, 0.15) is 18.2 Å². The van der Waals surface area contributed by atoms with Crippen LogP contribution in [0, 0.1) is 0 Å². The minimum Gasteiger partial charge on any atom is -0.506 e. The van der Waals surface area contributed by atoms with E-state index in [-0.39, 0.29) is 17.9 Å². The summed E-state index contributed by atoms with van der Waals surface area (Å²) in [7, 11) is -2.56. The predicted octanol–water partition coefficient (Wildman–Crippen LogP) is 1.86. The second-order valence-electron chi connectivity index (χ2n) is 5.61. The molecule has 3 N–H and O–H groups in total. The lowest BCUT2D eigenvalue weighted by atomic mass is 10.0. The number of halogens is 1. The smallest absolute Gasteiger partial charge is 0.280 e. The first kappa shape index (κ1) is 17.7. The molecule has 1 fully saturated rings. The highest BCUT2D eigenvalue weighted by molar-refractivity contribution is 7.87. The maximum atomic E-state index is 12.6. The standard InChI is InChI=1S/C15H16ClN3O5S/c1-19-12(15(21)17-10-7-9(16)4-5-13(10)20)8-11(18-25(19,22)23)14-3-2-6-24-14/h2-7,11-12,18,20H,8H2,1H3,(H,17,21)/t11-,12-/m1/s1. The number of likely N-dealkylation sites (N-methyl/N-ethyl adjacent to an activating group) is 1. The average molecular weight is 386 g/mol. The lowest BCUT2D eigenvalue weighted by Crippen LogP contribution is -2.55. The number of aromatic hydroxyl groups is 1. The van der Waals surface area contributed by atoms with E-state index < -0.39 is 28.2 Å². The Morgan fingerprint density at radius 1 is 1.44 bits per heavy atom. The fourth-order valence-corrected chi connectivity index (χ4v) is 4.04. The SMILES string of the molecule is CN1[C@@H](C(=O)Nc2cc(Cl)ccc2O)C[C@H](c2ccco2)NS1(=O)=O. The third-order valence-electron chi connectivity index (χ3n) is 3.97. The summed E-state index contributed by atoms with van der Waals surface area (Å²) < 4.78 is 33.3. The molecule has 1 aromatic carbocycles. The lowest BCUT2D eigenvalue weighted by Gasteiger charge is -2.35. The molecule has 1 aliphatic rings. The van der Waals surface area contributed by atoms with E-state index in [1.54, 1.807) is 12.1 Å². The Kier molecular flexibility index (Phi) is 4.74. The van der Waals surface area contributed by atoms with Gasteiger partial charge in [0.2, 0.25) is 5.91 Å². The van der Waals surface area contributed by atoms with Gasteiger partial charge in [0, 0.05) is 12.1 Å². The van der Waals surface area contributed by atoms with E-state index in [1.165, 1.54) is 31.5 Å². The molecule has 1 aromatic heterocycles. The summed E-state index contributed by atoms with van der Waals surface area (Å²) in [5.41, 5.74) is 0.108. The molecule has 3 rings (SSSR count). The molecule has 1 aliphatic heterocycles. The van der Waals surface area contributed by atoms with Crippen LogP contribution in [-0.4, -0.2) is 36.8 Å². The van der Waals surface area contributed by atoms with Gasteiger partial charge >= 0.3 is 0 Å². The number of nitrogens with one attached hydrogen (secondary N) is 2. The van der Waals surface area contributed by atoms with Crippen LogP contribution in [0.2, 0.25) is 5.02 Å². The molecule has 8 nitrogen and oxygen atoms in total. The molecule has 25 heavy (non-hydrogen) atoms. The number of rotatable bonds is 3. The van der Waals surface area contributed by atoms with Gasteiger partial charge in [-0.2, -0.15) is 17.4 Å². The largest absolute Gasteiger partial charge is 0.506 e. The summed E-state index contributed by atoms with van der Waals surface area (Å²) in [4.78, 5) is 12.6. The summed E-state index contributed by atoms with van der Waals surface area (Å²) in [5, 5.41) is 12.7. The molecule has 0 aliphatic carbocycles. The highest BCUT2D eigenvalue weighted by Gasteiger charge is 2.41. The van der Waals surface area contributed by atoms with Crippen molar-refractivity contribution in [2.45, 2.75) is 18.5 Å². The van der Waals surface area contributed by atoms with Gasteiger partial charge < -0.3 is 14.8 Å². The highest BCUT2D eigenvalue weighted by Crippen LogP contribution is 2.31. The Morgan fingerprint density at radius 3 is 2.88 bits per heavy atom. The van der Waals surface area contributed by atoms with Crippen molar-refractivity contribution in [2.24, 2.45) is 0 Å². The molecule has 2 aromatic rings. The summed E-state index contributed by atoms with van der Waals surface area (Å²) in [6, 6.07) is 5.82. The van der Waals surface area contributed by atoms with Crippen LogP contribution in [0.5, 0.6) is 5.75 Å². The van der Waals surface area contributed by atoms with Crippen LogP contribution in [0.4, 0.5) is 5.69 Å². The van der Waals surface area contributed by atoms with Crippen LogP contribution < -0.4 is 10.0 Å². The normalized spacial score (nSPS) is 23.3. The summed E-state index contributed by atoms with van der Waals surface area (Å²) in [5.74, 6) is -0.332. The number of nitrogens with zero attached hydrogens (tertiary/aromatic N) is 1. The van der Waals surface area contributed by atoms with Crippen molar-refractivity contribution in [1.29, 1.82) is 0 Å². The number of anilines is 1. The quantitative estimate of drug-likeness (QED) is 0.698. The number of carbonyl (C=O) groups is 1. The van der Waals surface area contributed by atoms with E-state index in [4.69, 9.17) is 16.0 Å². The molecule has 0 radical (unpaired) electrons. The minimum atomic E-state index is -3.87. The Balaban J connectivity index is 1.85. The van der Waals surface area contributed by atoms with E-state index in [2.05, 4.69) is 10.0 Å². The number of benzene rings is 1. The second-order valence-corrected chi connectivity index (χ2v) is 7.81. The van der Waals surface area contributed by atoms with E-state index >= 15 is 0 Å². The van der Waals surface area contributed by atoms with E-state index in [0.717, 1.165) is 4.31 Å². The summed E-state index contributed by atoms with van der Waals surface area (Å²) >= 11 is 5.86. The molecule has 1 amide bonds. The van der Waals surface area contributed by atoms with Crippen LogP contribution >= 0.6 is 11.6 Å². The van der Waals surface area contributed by atoms with Crippen molar-refractivity contribution in [1.82, 2.24) is 9.03 Å². The van der Waals surface area contributed by atoms with Gasteiger partial charge in [-0.05, 0) is 36.8 Å². The van der Waals surface area contributed by atoms with Crippen molar-refractivity contribution in [3.8, 4) is 5.75 Å². The number of phenols is 1. The number of hydrogen-bond donors (Lipinski definition) is 3.